The molecule has 0 amide bonds. The fourth-order valence-corrected chi connectivity index (χ4v) is 3.45. The maximum absolute atomic E-state index is 11.5. The van der Waals surface area contributed by atoms with Crippen LogP contribution in [-0.4, -0.2) is 37.4 Å². The van der Waals surface area contributed by atoms with Crippen LogP contribution in [0.2, 0.25) is 0 Å². The number of hydrogen-bond donors (Lipinski definition) is 0. The van der Waals surface area contributed by atoms with E-state index in [-0.39, 0.29) is 10.8 Å². The van der Waals surface area contributed by atoms with Crippen LogP contribution in [0.15, 0.2) is 0 Å². The third kappa shape index (κ3) is 5.06. The third-order valence-corrected chi connectivity index (χ3v) is 5.86. The Bertz CT molecular complexity index is 362. The second kappa shape index (κ2) is 6.10. The van der Waals surface area contributed by atoms with Gasteiger partial charge in [0.05, 0.1) is 6.26 Å². The van der Waals surface area contributed by atoms with Gasteiger partial charge in [-0.3, -0.25) is 0 Å². The molecule has 1 aliphatic rings. The SMILES string of the molecule is CC(C)(C)C(Cl)CCC1CCCN(S(C)(=O)=O)C1. The van der Waals surface area contributed by atoms with Gasteiger partial charge < -0.3 is 0 Å². The van der Waals surface area contributed by atoms with E-state index in [1.54, 1.807) is 4.31 Å². The molecule has 2 atom stereocenters. The Morgan fingerprint density at radius 2 is 2.00 bits per heavy atom. The number of nitrogens with zero attached hydrogens (tertiary/aromatic N) is 1. The van der Waals surface area contributed by atoms with Gasteiger partial charge in [-0.1, -0.05) is 20.8 Å². The van der Waals surface area contributed by atoms with Crippen molar-refractivity contribution in [3.8, 4) is 0 Å². The molecular formula is C13H26ClNO2S. The summed E-state index contributed by atoms with van der Waals surface area (Å²) in [6.45, 7) is 7.79. The van der Waals surface area contributed by atoms with Crippen LogP contribution in [0.4, 0.5) is 0 Å². The number of rotatable bonds is 4. The first-order valence-corrected chi connectivity index (χ1v) is 8.98. The monoisotopic (exact) mass is 295 g/mol. The third-order valence-electron chi connectivity index (χ3n) is 3.72. The topological polar surface area (TPSA) is 37.4 Å². The van der Waals surface area contributed by atoms with Crippen molar-refractivity contribution in [2.75, 3.05) is 19.3 Å². The molecule has 2 unspecified atom stereocenters. The minimum atomic E-state index is -3.03. The average Bonchev–Trinajstić information content (AvgIpc) is 2.23. The van der Waals surface area contributed by atoms with Crippen molar-refractivity contribution in [1.29, 1.82) is 0 Å². The molecule has 0 aromatic carbocycles. The second-order valence-electron chi connectivity index (χ2n) is 6.54. The number of sulfonamides is 1. The van der Waals surface area contributed by atoms with E-state index in [4.69, 9.17) is 11.6 Å². The summed E-state index contributed by atoms with van der Waals surface area (Å²) in [7, 11) is -3.03. The van der Waals surface area contributed by atoms with Gasteiger partial charge in [-0.25, -0.2) is 12.7 Å². The minimum Gasteiger partial charge on any atom is -0.213 e. The van der Waals surface area contributed by atoms with Gasteiger partial charge >= 0.3 is 0 Å². The van der Waals surface area contributed by atoms with Crippen molar-refractivity contribution in [1.82, 2.24) is 4.31 Å². The number of hydrogen-bond acceptors (Lipinski definition) is 2. The molecule has 0 bridgehead atoms. The van der Waals surface area contributed by atoms with Gasteiger partial charge in [0.1, 0.15) is 0 Å². The van der Waals surface area contributed by atoms with Gasteiger partial charge in [0.25, 0.3) is 0 Å². The summed E-state index contributed by atoms with van der Waals surface area (Å²) in [6, 6.07) is 0. The average molecular weight is 296 g/mol. The molecule has 1 heterocycles. The maximum atomic E-state index is 11.5. The van der Waals surface area contributed by atoms with Gasteiger partial charge in [0.15, 0.2) is 0 Å². The van der Waals surface area contributed by atoms with Gasteiger partial charge in [0.2, 0.25) is 10.0 Å². The number of piperidine rings is 1. The van der Waals surface area contributed by atoms with Crippen LogP contribution in [0, 0.1) is 11.3 Å². The van der Waals surface area contributed by atoms with E-state index in [0.29, 0.717) is 19.0 Å². The van der Waals surface area contributed by atoms with E-state index in [0.717, 1.165) is 25.7 Å². The van der Waals surface area contributed by atoms with Crippen molar-refractivity contribution < 1.29 is 8.42 Å². The molecule has 1 rings (SSSR count). The molecule has 3 nitrogen and oxygen atoms in total. The van der Waals surface area contributed by atoms with E-state index in [9.17, 15) is 8.42 Å². The molecule has 1 aliphatic heterocycles. The molecule has 5 heteroatoms. The van der Waals surface area contributed by atoms with E-state index in [1.165, 1.54) is 6.26 Å². The Morgan fingerprint density at radius 1 is 1.39 bits per heavy atom. The molecule has 0 spiro atoms. The van der Waals surface area contributed by atoms with E-state index < -0.39 is 10.0 Å². The van der Waals surface area contributed by atoms with Crippen LogP contribution < -0.4 is 0 Å². The molecule has 1 fully saturated rings. The first kappa shape index (κ1) is 16.3. The lowest BCUT2D eigenvalue weighted by molar-refractivity contribution is 0.243. The zero-order valence-electron chi connectivity index (χ0n) is 11.9. The molecule has 0 radical (unpaired) electrons. The molecule has 108 valence electrons. The Morgan fingerprint density at radius 3 is 2.50 bits per heavy atom. The van der Waals surface area contributed by atoms with Gasteiger partial charge in [-0.2, -0.15) is 0 Å². The summed E-state index contributed by atoms with van der Waals surface area (Å²) in [6.07, 6.45) is 5.39. The lowest BCUT2D eigenvalue weighted by Crippen LogP contribution is -2.39. The van der Waals surface area contributed by atoms with Crippen LogP contribution in [0.25, 0.3) is 0 Å². The van der Waals surface area contributed by atoms with Crippen LogP contribution in [0.1, 0.15) is 46.5 Å². The number of halogens is 1. The summed E-state index contributed by atoms with van der Waals surface area (Å²) in [5, 5.41) is 0.158. The molecule has 0 N–H and O–H groups in total. The van der Waals surface area contributed by atoms with Crippen LogP contribution in [-0.2, 0) is 10.0 Å². The van der Waals surface area contributed by atoms with E-state index >= 15 is 0 Å². The largest absolute Gasteiger partial charge is 0.213 e. The van der Waals surface area contributed by atoms with Crippen molar-refractivity contribution in [2.24, 2.45) is 11.3 Å². The predicted molar refractivity (Wildman–Crippen MR) is 77.5 cm³/mol. The Hall–Kier alpha value is 0.200. The lowest BCUT2D eigenvalue weighted by Gasteiger charge is -2.32. The summed E-state index contributed by atoms with van der Waals surface area (Å²) in [4.78, 5) is 0. The first-order valence-electron chi connectivity index (χ1n) is 6.70. The number of alkyl halides is 1. The molecule has 0 aromatic rings. The smallest absolute Gasteiger partial charge is 0.211 e. The molecule has 0 aromatic heterocycles. The maximum Gasteiger partial charge on any atom is 0.211 e. The minimum absolute atomic E-state index is 0.118. The summed E-state index contributed by atoms with van der Waals surface area (Å²) < 4.78 is 24.7. The molecule has 0 aliphatic carbocycles. The van der Waals surface area contributed by atoms with E-state index in [2.05, 4.69) is 20.8 Å². The Balaban J connectivity index is 2.44. The molecule has 18 heavy (non-hydrogen) atoms. The van der Waals surface area contributed by atoms with Crippen molar-refractivity contribution in [2.45, 2.75) is 51.8 Å². The highest BCUT2D eigenvalue weighted by molar-refractivity contribution is 7.88. The molecular weight excluding hydrogens is 270 g/mol. The highest BCUT2D eigenvalue weighted by Gasteiger charge is 2.28. The van der Waals surface area contributed by atoms with Crippen molar-refractivity contribution in [3.63, 3.8) is 0 Å². The fourth-order valence-electron chi connectivity index (χ4n) is 2.38. The summed E-state index contributed by atoms with van der Waals surface area (Å²) in [5.41, 5.74) is 0.118. The highest BCUT2D eigenvalue weighted by atomic mass is 35.5. The zero-order valence-corrected chi connectivity index (χ0v) is 13.5. The van der Waals surface area contributed by atoms with Crippen LogP contribution in [0.3, 0.4) is 0 Å². The standard InChI is InChI=1S/C13H26ClNO2S/c1-13(2,3)12(14)8-7-11-6-5-9-15(10-11)18(4,16)17/h11-12H,5-10H2,1-4H3. The first-order chi connectivity index (χ1) is 8.10. The highest BCUT2D eigenvalue weighted by Crippen LogP contribution is 2.31. The quantitative estimate of drug-likeness (QED) is 0.748. The van der Waals surface area contributed by atoms with Crippen LogP contribution in [0.5, 0.6) is 0 Å². The Labute approximate surface area is 117 Å². The van der Waals surface area contributed by atoms with Gasteiger partial charge in [-0.15, -0.1) is 11.6 Å². The predicted octanol–water partition coefficient (Wildman–Crippen LogP) is 3.09. The summed E-state index contributed by atoms with van der Waals surface area (Å²) in [5.74, 6) is 0.470. The van der Waals surface area contributed by atoms with Crippen molar-refractivity contribution in [3.05, 3.63) is 0 Å². The lowest BCUT2D eigenvalue weighted by atomic mass is 9.85. The Kier molecular flexibility index (Phi) is 5.51. The van der Waals surface area contributed by atoms with Gasteiger partial charge in [0, 0.05) is 18.5 Å². The van der Waals surface area contributed by atoms with Gasteiger partial charge in [-0.05, 0) is 37.0 Å². The molecule has 1 saturated heterocycles. The van der Waals surface area contributed by atoms with E-state index in [1.807, 2.05) is 0 Å². The molecule has 0 saturated carbocycles. The second-order valence-corrected chi connectivity index (χ2v) is 9.05. The normalized spacial score (nSPS) is 25.1. The summed E-state index contributed by atoms with van der Waals surface area (Å²) >= 11 is 6.37. The van der Waals surface area contributed by atoms with Crippen LogP contribution >= 0.6 is 11.6 Å². The van der Waals surface area contributed by atoms with Crippen molar-refractivity contribution >= 4 is 21.6 Å². The fraction of sp³-hybridized carbons (Fsp3) is 1.00. The zero-order chi connectivity index (χ0) is 14.0.